The van der Waals surface area contributed by atoms with Gasteiger partial charge in [0.05, 0.1) is 5.56 Å². The molecule has 1 amide bonds. The quantitative estimate of drug-likeness (QED) is 0.321. The molecule has 2 aromatic rings. The van der Waals surface area contributed by atoms with Crippen molar-refractivity contribution < 1.29 is 18.0 Å². The molecule has 0 bridgehead atoms. The first-order chi connectivity index (χ1) is 13.1. The smallest absolute Gasteiger partial charge is 0.357 e. The van der Waals surface area contributed by atoms with Crippen molar-refractivity contribution in [3.05, 3.63) is 69.7 Å². The zero-order valence-electron chi connectivity index (χ0n) is 15.7. The highest BCUT2D eigenvalue weighted by Gasteiger charge is 2.30. The Balaban J connectivity index is 2.24. The summed E-state index contributed by atoms with van der Waals surface area (Å²) in [5.74, 6) is 0.430. The predicted molar refractivity (Wildman–Crippen MR) is 104 cm³/mol. The average molecular weight is 412 g/mol. The molecule has 0 radical (unpaired) electrons. The average Bonchev–Trinajstić information content (AvgIpc) is 2.64. The Labute approximate surface area is 167 Å². The lowest BCUT2D eigenvalue weighted by Crippen LogP contribution is -2.33. The van der Waals surface area contributed by atoms with Crippen LogP contribution < -0.4 is 5.43 Å². The van der Waals surface area contributed by atoms with E-state index in [1.807, 2.05) is 24.8 Å². The van der Waals surface area contributed by atoms with E-state index in [0.717, 1.165) is 28.8 Å². The molecule has 1 unspecified atom stereocenters. The number of rotatable bonds is 6. The molecule has 1 atom stereocenters. The van der Waals surface area contributed by atoms with E-state index in [1.165, 1.54) is 12.1 Å². The van der Waals surface area contributed by atoms with Gasteiger partial charge in [-0.05, 0) is 48.2 Å². The highest BCUT2D eigenvalue weighted by Crippen LogP contribution is 2.30. The summed E-state index contributed by atoms with van der Waals surface area (Å²) in [6, 6.07) is 10.5. The van der Waals surface area contributed by atoms with Crippen molar-refractivity contribution in [2.45, 2.75) is 25.9 Å². The fourth-order valence-electron chi connectivity index (χ4n) is 2.88. The summed E-state index contributed by atoms with van der Waals surface area (Å²) < 4.78 is 38.2. The van der Waals surface area contributed by atoms with Gasteiger partial charge in [0.2, 0.25) is 6.41 Å². The van der Waals surface area contributed by atoms with Gasteiger partial charge >= 0.3 is 6.18 Å². The molecule has 0 aliphatic heterocycles. The Morgan fingerprint density at radius 2 is 1.89 bits per heavy atom. The minimum absolute atomic E-state index is 0.0757. The van der Waals surface area contributed by atoms with E-state index in [-0.39, 0.29) is 5.92 Å². The number of carbonyl (C=O) groups excluding carboxylic acids is 1. The number of amides is 1. The fraction of sp³-hybridized carbons (Fsp3) is 0.300. The predicted octanol–water partition coefficient (Wildman–Crippen LogP) is 4.81. The fourth-order valence-corrected chi connectivity index (χ4v) is 3.05. The maximum Gasteiger partial charge on any atom is 0.416 e. The van der Waals surface area contributed by atoms with Gasteiger partial charge < -0.3 is 4.90 Å². The maximum atomic E-state index is 12.7. The highest BCUT2D eigenvalue weighted by molar-refractivity contribution is 6.31. The maximum absolute atomic E-state index is 12.7. The van der Waals surface area contributed by atoms with Gasteiger partial charge in [-0.25, -0.2) is 5.43 Å². The number of hydrogen-bond donors (Lipinski definition) is 1. The Bertz CT molecular complexity index is 851. The minimum Gasteiger partial charge on any atom is -0.357 e. The van der Waals surface area contributed by atoms with E-state index in [0.29, 0.717) is 23.8 Å². The number of amidine groups is 1. The van der Waals surface area contributed by atoms with Crippen LogP contribution in [-0.4, -0.2) is 30.7 Å². The molecule has 0 saturated carbocycles. The number of hydrogen-bond acceptors (Lipinski definition) is 2. The van der Waals surface area contributed by atoms with Crippen LogP contribution in [0.5, 0.6) is 0 Å². The zero-order chi connectivity index (χ0) is 20.9. The molecule has 0 saturated heterocycles. The van der Waals surface area contributed by atoms with Crippen molar-refractivity contribution in [1.29, 1.82) is 0 Å². The third kappa shape index (κ3) is 5.48. The van der Waals surface area contributed by atoms with Crippen molar-refractivity contribution in [1.82, 2.24) is 10.3 Å². The van der Waals surface area contributed by atoms with Crippen molar-refractivity contribution in [3.8, 4) is 0 Å². The van der Waals surface area contributed by atoms with Crippen LogP contribution in [0.2, 0.25) is 5.02 Å². The molecular formula is C20H21ClF3N3O. The SMILES string of the molecule is Cc1ccc(Cl)cc1/C(=N/NC=O)N(C)CC(C)c1ccc(C(F)(F)F)cc1. The number of alkyl halides is 3. The summed E-state index contributed by atoms with van der Waals surface area (Å²) in [4.78, 5) is 12.5. The first-order valence-electron chi connectivity index (χ1n) is 8.55. The monoisotopic (exact) mass is 411 g/mol. The summed E-state index contributed by atoms with van der Waals surface area (Å²) in [5, 5.41) is 4.66. The number of benzene rings is 2. The Hall–Kier alpha value is -2.54. The number of nitrogens with one attached hydrogen (secondary N) is 1. The van der Waals surface area contributed by atoms with Crippen molar-refractivity contribution >= 4 is 23.8 Å². The molecule has 0 heterocycles. The van der Waals surface area contributed by atoms with Gasteiger partial charge in [0.1, 0.15) is 0 Å². The zero-order valence-corrected chi connectivity index (χ0v) is 16.5. The summed E-state index contributed by atoms with van der Waals surface area (Å²) in [7, 11) is 1.80. The first kappa shape index (κ1) is 21.8. The van der Waals surface area contributed by atoms with E-state index in [4.69, 9.17) is 11.6 Å². The number of likely N-dealkylation sites (N-methyl/N-ethyl adjacent to an activating group) is 1. The van der Waals surface area contributed by atoms with Crippen LogP contribution in [-0.2, 0) is 11.0 Å². The molecule has 0 fully saturated rings. The Kier molecular flexibility index (Phi) is 7.07. The molecule has 8 heteroatoms. The third-order valence-electron chi connectivity index (χ3n) is 4.38. The van der Waals surface area contributed by atoms with Crippen LogP contribution in [0, 0.1) is 6.92 Å². The molecule has 0 aliphatic carbocycles. The summed E-state index contributed by atoms with van der Waals surface area (Å²) in [6.07, 6.45) is -3.89. The first-order valence-corrected chi connectivity index (χ1v) is 8.93. The standard InChI is InChI=1S/C20H21ClF3N3O/c1-13-4-9-17(21)10-18(13)19(26-25-12-28)27(3)11-14(2)15-5-7-16(8-6-15)20(22,23)24/h4-10,12,14H,11H2,1-3H3,(H,25,28)/b26-19-. The summed E-state index contributed by atoms with van der Waals surface area (Å²) in [6.45, 7) is 4.28. The van der Waals surface area contributed by atoms with Crippen molar-refractivity contribution in [2.75, 3.05) is 13.6 Å². The van der Waals surface area contributed by atoms with Crippen LogP contribution in [0.3, 0.4) is 0 Å². The van der Waals surface area contributed by atoms with Gasteiger partial charge in [0.25, 0.3) is 0 Å². The molecule has 28 heavy (non-hydrogen) atoms. The van der Waals surface area contributed by atoms with Crippen LogP contribution in [0.1, 0.15) is 35.1 Å². The van der Waals surface area contributed by atoms with Crippen LogP contribution in [0.15, 0.2) is 47.6 Å². The third-order valence-corrected chi connectivity index (χ3v) is 4.62. The molecule has 150 valence electrons. The van der Waals surface area contributed by atoms with Gasteiger partial charge in [-0.1, -0.05) is 36.7 Å². The van der Waals surface area contributed by atoms with Crippen molar-refractivity contribution in [2.24, 2.45) is 5.10 Å². The number of carbonyl (C=O) groups is 1. The Morgan fingerprint density at radius 1 is 1.25 bits per heavy atom. The van der Waals surface area contributed by atoms with Gasteiger partial charge in [-0.2, -0.15) is 18.3 Å². The topological polar surface area (TPSA) is 44.7 Å². The van der Waals surface area contributed by atoms with Crippen molar-refractivity contribution in [3.63, 3.8) is 0 Å². The second-order valence-corrected chi connectivity index (χ2v) is 6.98. The molecule has 1 N–H and O–H groups in total. The summed E-state index contributed by atoms with van der Waals surface area (Å²) >= 11 is 6.10. The normalized spacial score (nSPS) is 13.2. The van der Waals surface area contributed by atoms with Gasteiger partial charge in [-0.3, -0.25) is 4.79 Å². The van der Waals surface area contributed by atoms with E-state index in [2.05, 4.69) is 10.5 Å². The van der Waals surface area contributed by atoms with E-state index in [1.54, 1.807) is 19.2 Å². The minimum atomic E-state index is -4.36. The van der Waals surface area contributed by atoms with E-state index >= 15 is 0 Å². The van der Waals surface area contributed by atoms with Crippen LogP contribution in [0.4, 0.5) is 13.2 Å². The van der Waals surface area contributed by atoms with Gasteiger partial charge in [0.15, 0.2) is 5.84 Å². The second kappa shape index (κ2) is 9.10. The van der Waals surface area contributed by atoms with Crippen LogP contribution >= 0.6 is 11.6 Å². The molecule has 4 nitrogen and oxygen atoms in total. The molecule has 2 aromatic carbocycles. The lowest BCUT2D eigenvalue weighted by molar-refractivity contribution is -0.137. The van der Waals surface area contributed by atoms with E-state index in [9.17, 15) is 18.0 Å². The number of nitrogens with zero attached hydrogens (tertiary/aromatic N) is 2. The largest absolute Gasteiger partial charge is 0.416 e. The molecule has 0 aliphatic rings. The number of aryl methyl sites for hydroxylation is 1. The lowest BCUT2D eigenvalue weighted by atomic mass is 9.98. The molecule has 2 rings (SSSR count). The second-order valence-electron chi connectivity index (χ2n) is 6.54. The molecule has 0 spiro atoms. The summed E-state index contributed by atoms with van der Waals surface area (Å²) in [5.41, 5.74) is 4.08. The van der Waals surface area contributed by atoms with Gasteiger partial charge in [0, 0.05) is 24.2 Å². The van der Waals surface area contributed by atoms with Crippen LogP contribution in [0.25, 0.3) is 0 Å². The van der Waals surface area contributed by atoms with Gasteiger partial charge in [-0.15, -0.1) is 0 Å². The molecule has 0 aromatic heterocycles. The Morgan fingerprint density at radius 3 is 2.46 bits per heavy atom. The highest BCUT2D eigenvalue weighted by atomic mass is 35.5. The number of hydrazone groups is 1. The molecular weight excluding hydrogens is 391 g/mol. The lowest BCUT2D eigenvalue weighted by Gasteiger charge is -2.26. The van der Waals surface area contributed by atoms with E-state index < -0.39 is 11.7 Å². The number of halogens is 4.